The Labute approximate surface area is 115 Å². The molecule has 0 saturated carbocycles. The highest BCUT2D eigenvalue weighted by Gasteiger charge is 2.33. The first-order chi connectivity index (χ1) is 9.26. The van der Waals surface area contributed by atoms with E-state index in [0.29, 0.717) is 0 Å². The average Bonchev–Trinajstić information content (AvgIpc) is 2.40. The molecule has 2 aliphatic heterocycles. The molecule has 2 aliphatic rings. The van der Waals surface area contributed by atoms with Crippen LogP contribution in [0.5, 0.6) is 5.75 Å². The first-order valence-corrected chi connectivity index (χ1v) is 7.08. The molecule has 2 heterocycles. The maximum atomic E-state index is 5.29. The Morgan fingerprint density at radius 1 is 1.11 bits per heavy atom. The van der Waals surface area contributed by atoms with Gasteiger partial charge in [-0.05, 0) is 19.2 Å². The van der Waals surface area contributed by atoms with Crippen LogP contribution in [0.3, 0.4) is 0 Å². The van der Waals surface area contributed by atoms with Crippen LogP contribution in [0.1, 0.15) is 0 Å². The van der Waals surface area contributed by atoms with Crippen LogP contribution in [-0.4, -0.2) is 69.3 Å². The number of likely N-dealkylation sites (N-methyl/N-ethyl adjacent to an activating group) is 1. The molecule has 0 atom stereocenters. The molecule has 0 aliphatic carbocycles. The molecule has 104 valence electrons. The predicted octanol–water partition coefficient (Wildman–Crippen LogP) is 1.13. The summed E-state index contributed by atoms with van der Waals surface area (Å²) in [4.78, 5) is 7.48. The second kappa shape index (κ2) is 5.39. The van der Waals surface area contributed by atoms with Gasteiger partial charge in [-0.2, -0.15) is 0 Å². The zero-order valence-electron chi connectivity index (χ0n) is 11.9. The quantitative estimate of drug-likeness (QED) is 0.812. The van der Waals surface area contributed by atoms with Gasteiger partial charge in [0.1, 0.15) is 5.75 Å². The lowest BCUT2D eigenvalue weighted by Gasteiger charge is -2.48. The van der Waals surface area contributed by atoms with Crippen LogP contribution in [0.2, 0.25) is 0 Å². The van der Waals surface area contributed by atoms with E-state index in [9.17, 15) is 0 Å². The van der Waals surface area contributed by atoms with Crippen LogP contribution in [0.15, 0.2) is 24.3 Å². The molecule has 0 radical (unpaired) electrons. The summed E-state index contributed by atoms with van der Waals surface area (Å²) in [7, 11) is 3.93. The molecule has 2 fully saturated rings. The summed E-state index contributed by atoms with van der Waals surface area (Å²) < 4.78 is 5.29. The third-order valence-electron chi connectivity index (χ3n) is 4.34. The molecule has 3 rings (SSSR count). The Morgan fingerprint density at radius 2 is 1.84 bits per heavy atom. The fourth-order valence-corrected chi connectivity index (χ4v) is 2.89. The normalized spacial score (nSPS) is 22.3. The lowest BCUT2D eigenvalue weighted by molar-refractivity contribution is 0.0963. The number of benzene rings is 1. The van der Waals surface area contributed by atoms with Gasteiger partial charge in [0.25, 0.3) is 0 Å². The maximum Gasteiger partial charge on any atom is 0.120 e. The zero-order chi connectivity index (χ0) is 13.2. The van der Waals surface area contributed by atoms with Crippen molar-refractivity contribution in [2.45, 2.75) is 6.04 Å². The Kier molecular flexibility index (Phi) is 3.62. The minimum atomic E-state index is 0.736. The highest BCUT2D eigenvalue weighted by atomic mass is 16.5. The summed E-state index contributed by atoms with van der Waals surface area (Å²) in [6, 6.07) is 9.10. The van der Waals surface area contributed by atoms with E-state index >= 15 is 0 Å². The molecular formula is C15H23N3O. The third kappa shape index (κ3) is 2.69. The SMILES string of the molecule is COc1cccc(N2CC(N3CCN(C)CC3)C2)c1. The molecule has 1 aromatic carbocycles. The monoisotopic (exact) mass is 261 g/mol. The number of methoxy groups -OCH3 is 1. The van der Waals surface area contributed by atoms with Crippen molar-refractivity contribution in [3.63, 3.8) is 0 Å². The Morgan fingerprint density at radius 3 is 2.53 bits per heavy atom. The number of ether oxygens (including phenoxy) is 1. The highest BCUT2D eigenvalue weighted by molar-refractivity contribution is 5.53. The van der Waals surface area contributed by atoms with E-state index in [2.05, 4.69) is 39.9 Å². The standard InChI is InChI=1S/C15H23N3O/c1-16-6-8-17(9-7-16)14-11-18(12-14)13-4-3-5-15(10-13)19-2/h3-5,10,14H,6-9,11-12H2,1-2H3. The van der Waals surface area contributed by atoms with Gasteiger partial charge in [0.05, 0.1) is 7.11 Å². The minimum Gasteiger partial charge on any atom is -0.497 e. The summed E-state index contributed by atoms with van der Waals surface area (Å²) in [6.07, 6.45) is 0. The Balaban J connectivity index is 1.54. The van der Waals surface area contributed by atoms with Crippen molar-refractivity contribution in [1.29, 1.82) is 0 Å². The van der Waals surface area contributed by atoms with Crippen molar-refractivity contribution >= 4 is 5.69 Å². The van der Waals surface area contributed by atoms with Crippen LogP contribution < -0.4 is 9.64 Å². The summed E-state index contributed by atoms with van der Waals surface area (Å²) >= 11 is 0. The molecule has 0 bridgehead atoms. The number of rotatable bonds is 3. The molecule has 0 unspecified atom stereocenters. The van der Waals surface area contributed by atoms with Crippen molar-refractivity contribution in [2.75, 3.05) is 58.3 Å². The fraction of sp³-hybridized carbons (Fsp3) is 0.600. The maximum absolute atomic E-state index is 5.29. The number of hydrogen-bond acceptors (Lipinski definition) is 4. The molecular weight excluding hydrogens is 238 g/mol. The molecule has 1 aromatic rings. The van der Waals surface area contributed by atoms with Crippen LogP contribution in [0.4, 0.5) is 5.69 Å². The largest absolute Gasteiger partial charge is 0.497 e. The molecule has 0 spiro atoms. The summed E-state index contributed by atoms with van der Waals surface area (Å²) in [5.41, 5.74) is 1.28. The van der Waals surface area contributed by atoms with Gasteiger partial charge >= 0.3 is 0 Å². The predicted molar refractivity (Wildman–Crippen MR) is 78.1 cm³/mol. The van der Waals surface area contributed by atoms with Gasteiger partial charge in [-0.3, -0.25) is 4.90 Å². The van der Waals surface area contributed by atoms with Gasteiger partial charge in [-0.1, -0.05) is 6.07 Å². The van der Waals surface area contributed by atoms with Crippen molar-refractivity contribution < 1.29 is 4.74 Å². The number of anilines is 1. The van der Waals surface area contributed by atoms with Gasteiger partial charge < -0.3 is 14.5 Å². The van der Waals surface area contributed by atoms with Crippen molar-refractivity contribution in [2.24, 2.45) is 0 Å². The zero-order valence-corrected chi connectivity index (χ0v) is 11.9. The number of nitrogens with zero attached hydrogens (tertiary/aromatic N) is 3. The van der Waals surface area contributed by atoms with Crippen LogP contribution in [0.25, 0.3) is 0 Å². The highest BCUT2D eigenvalue weighted by Crippen LogP contribution is 2.27. The molecule has 19 heavy (non-hydrogen) atoms. The van der Waals surface area contributed by atoms with E-state index in [0.717, 1.165) is 24.9 Å². The summed E-state index contributed by atoms with van der Waals surface area (Å²) in [6.45, 7) is 7.14. The van der Waals surface area contributed by atoms with Gasteiger partial charge in [0.2, 0.25) is 0 Å². The Bertz CT molecular complexity index is 423. The number of hydrogen-bond donors (Lipinski definition) is 0. The van der Waals surface area contributed by atoms with E-state index in [1.165, 1.54) is 31.9 Å². The fourth-order valence-electron chi connectivity index (χ4n) is 2.89. The topological polar surface area (TPSA) is 19.0 Å². The van der Waals surface area contributed by atoms with Gasteiger partial charge in [-0.15, -0.1) is 0 Å². The molecule has 4 heteroatoms. The minimum absolute atomic E-state index is 0.736. The molecule has 4 nitrogen and oxygen atoms in total. The lowest BCUT2D eigenvalue weighted by Crippen LogP contribution is -2.63. The first-order valence-electron chi connectivity index (χ1n) is 7.08. The van der Waals surface area contributed by atoms with E-state index in [4.69, 9.17) is 4.74 Å². The van der Waals surface area contributed by atoms with E-state index in [-0.39, 0.29) is 0 Å². The number of piperazine rings is 1. The molecule has 0 amide bonds. The molecule has 0 N–H and O–H groups in total. The summed E-state index contributed by atoms with van der Waals surface area (Å²) in [5.74, 6) is 0.945. The van der Waals surface area contributed by atoms with Crippen molar-refractivity contribution in [3.8, 4) is 5.75 Å². The van der Waals surface area contributed by atoms with E-state index in [1.54, 1.807) is 7.11 Å². The van der Waals surface area contributed by atoms with Crippen LogP contribution >= 0.6 is 0 Å². The van der Waals surface area contributed by atoms with E-state index in [1.807, 2.05) is 6.07 Å². The lowest BCUT2D eigenvalue weighted by atomic mass is 10.0. The second-order valence-electron chi connectivity index (χ2n) is 5.60. The first kappa shape index (κ1) is 12.8. The third-order valence-corrected chi connectivity index (χ3v) is 4.34. The molecule has 0 aromatic heterocycles. The average molecular weight is 261 g/mol. The molecule has 2 saturated heterocycles. The van der Waals surface area contributed by atoms with Crippen molar-refractivity contribution in [1.82, 2.24) is 9.80 Å². The van der Waals surface area contributed by atoms with Gasteiger partial charge in [-0.25, -0.2) is 0 Å². The van der Waals surface area contributed by atoms with Gasteiger partial charge in [0, 0.05) is 57.1 Å². The summed E-state index contributed by atoms with van der Waals surface area (Å²) in [5, 5.41) is 0. The second-order valence-corrected chi connectivity index (χ2v) is 5.60. The smallest absolute Gasteiger partial charge is 0.120 e. The van der Waals surface area contributed by atoms with E-state index < -0.39 is 0 Å². The van der Waals surface area contributed by atoms with Crippen molar-refractivity contribution in [3.05, 3.63) is 24.3 Å². The van der Waals surface area contributed by atoms with Crippen LogP contribution in [0, 0.1) is 0 Å². The van der Waals surface area contributed by atoms with Crippen LogP contribution in [-0.2, 0) is 0 Å². The van der Waals surface area contributed by atoms with Gasteiger partial charge in [0.15, 0.2) is 0 Å². The Hall–Kier alpha value is -1.26.